The van der Waals surface area contributed by atoms with Crippen LogP contribution in [0.3, 0.4) is 0 Å². The van der Waals surface area contributed by atoms with Crippen LogP contribution in [-0.2, 0) is 16.0 Å². The van der Waals surface area contributed by atoms with Crippen molar-refractivity contribution in [3.05, 3.63) is 47.0 Å². The van der Waals surface area contributed by atoms with Crippen LogP contribution in [-0.4, -0.2) is 11.9 Å². The molecule has 0 saturated carbocycles. The van der Waals surface area contributed by atoms with E-state index in [-0.39, 0.29) is 76.7 Å². The van der Waals surface area contributed by atoms with Crippen LogP contribution in [0.1, 0.15) is 19.4 Å². The van der Waals surface area contributed by atoms with Gasteiger partial charge >= 0.3 is 59.1 Å². The molecule has 0 atom stereocenters. The summed E-state index contributed by atoms with van der Waals surface area (Å²) in [5.41, 5.74) is 0.283. The first-order chi connectivity index (χ1) is 8.43. The summed E-state index contributed by atoms with van der Waals surface area (Å²) in [4.78, 5) is 22.1. The fourth-order valence-electron chi connectivity index (χ4n) is 1.78. The first-order valence-corrected chi connectivity index (χ1v) is 5.63. The number of aliphatic carboxylic acids is 2. The Hall–Kier alpha value is -0.1000. The summed E-state index contributed by atoms with van der Waals surface area (Å²) in [6.07, 6.45) is 0.0185. The molecule has 4 nitrogen and oxygen atoms in total. The molecule has 0 spiro atoms. The third kappa shape index (κ3) is 6.57. The molecular weight excluding hydrogens is 278 g/mol. The number of carbonyl (C=O) groups is 2. The van der Waals surface area contributed by atoms with Gasteiger partial charge in [-0.25, -0.2) is 0 Å². The third-order valence-corrected chi connectivity index (χ3v) is 2.59. The van der Waals surface area contributed by atoms with Crippen LogP contribution in [0.25, 0.3) is 0 Å². The summed E-state index contributed by atoms with van der Waals surface area (Å²) in [6, 6.07) is 8.78. The van der Waals surface area contributed by atoms with Gasteiger partial charge in [0.15, 0.2) is 0 Å². The largest absolute Gasteiger partial charge is 1.00 e. The normalized spacial score (nSPS) is 10.9. The maximum Gasteiger partial charge on any atom is 1.00 e. The monoisotopic (exact) mass is 292 g/mol. The minimum atomic E-state index is -1.47. The van der Waals surface area contributed by atoms with E-state index in [9.17, 15) is 19.8 Å². The minimum Gasteiger partial charge on any atom is -0.545 e. The van der Waals surface area contributed by atoms with Gasteiger partial charge in [0.25, 0.3) is 0 Å². The molecule has 1 aromatic carbocycles. The van der Waals surface area contributed by atoms with Gasteiger partial charge < -0.3 is 19.8 Å². The smallest absolute Gasteiger partial charge is 0.545 e. The van der Waals surface area contributed by atoms with Crippen molar-refractivity contribution < 1.29 is 78.9 Å². The van der Waals surface area contributed by atoms with Crippen LogP contribution in [0, 0.1) is 5.92 Å². The van der Waals surface area contributed by atoms with E-state index < -0.39 is 17.9 Å². The van der Waals surface area contributed by atoms with Gasteiger partial charge in [0.1, 0.15) is 0 Å². The molecule has 0 unspecified atom stereocenters. The first-order valence-electron chi connectivity index (χ1n) is 5.63. The van der Waals surface area contributed by atoms with Crippen LogP contribution < -0.4 is 69.3 Å². The van der Waals surface area contributed by atoms with Crippen LogP contribution in [0.15, 0.2) is 41.5 Å². The molecule has 0 radical (unpaired) electrons. The molecule has 20 heavy (non-hydrogen) atoms. The van der Waals surface area contributed by atoms with Gasteiger partial charge in [-0.2, -0.15) is 0 Å². The quantitative estimate of drug-likeness (QED) is 0.399. The molecule has 0 saturated heterocycles. The summed E-state index contributed by atoms with van der Waals surface area (Å²) in [7, 11) is 0. The molecule has 0 heterocycles. The van der Waals surface area contributed by atoms with Gasteiger partial charge in [-0.15, -0.1) is 0 Å². The van der Waals surface area contributed by atoms with Crippen molar-refractivity contribution in [1.82, 2.24) is 0 Å². The molecule has 0 fully saturated rings. The Morgan fingerprint density at radius 2 is 1.50 bits per heavy atom. The van der Waals surface area contributed by atoms with Crippen molar-refractivity contribution in [3.63, 3.8) is 0 Å². The predicted molar refractivity (Wildman–Crippen MR) is 62.0 cm³/mol. The number of benzene rings is 1. The molecule has 0 aliphatic heterocycles. The number of carboxylic acid groups (broad SMARTS) is 2. The fraction of sp³-hybridized carbons (Fsp3) is 0.286. The number of rotatable bonds is 5. The SMILES string of the molecule is CC(C)/C(C(=O)[O-])=C(\Cc1ccccc1)C(=O)[O-].[Na+].[Na+]. The maximum absolute atomic E-state index is 11.1. The number of hydrogen-bond acceptors (Lipinski definition) is 4. The summed E-state index contributed by atoms with van der Waals surface area (Å²) in [5, 5.41) is 22.1. The molecule has 0 aliphatic rings. The average molecular weight is 292 g/mol. The standard InChI is InChI=1S/C14H16O4.2Na/c1-9(2)12(14(17)18)11(13(15)16)8-10-6-4-3-5-7-10;;/h3-7,9H,8H2,1-2H3,(H,15,16)(H,17,18);;/q;2*+1/p-2/b12-11-;;. The van der Waals surface area contributed by atoms with Gasteiger partial charge in [-0.05, 0) is 29.0 Å². The zero-order chi connectivity index (χ0) is 13.7. The van der Waals surface area contributed by atoms with Crippen LogP contribution in [0.4, 0.5) is 0 Å². The summed E-state index contributed by atoms with van der Waals surface area (Å²) >= 11 is 0. The Kier molecular flexibility index (Phi) is 11.8. The Morgan fingerprint density at radius 1 is 1.00 bits per heavy atom. The average Bonchev–Trinajstić information content (AvgIpc) is 2.28. The Balaban J connectivity index is 0. The Labute approximate surface area is 162 Å². The van der Waals surface area contributed by atoms with E-state index in [4.69, 9.17) is 0 Å². The van der Waals surface area contributed by atoms with Crippen molar-refractivity contribution >= 4 is 11.9 Å². The van der Waals surface area contributed by atoms with Crippen molar-refractivity contribution in [1.29, 1.82) is 0 Å². The van der Waals surface area contributed by atoms with Gasteiger partial charge in [0, 0.05) is 0 Å². The van der Waals surface area contributed by atoms with E-state index in [1.165, 1.54) is 0 Å². The molecule has 0 bridgehead atoms. The maximum atomic E-state index is 11.1. The van der Waals surface area contributed by atoms with E-state index in [1.54, 1.807) is 44.2 Å². The molecule has 0 N–H and O–H groups in total. The molecule has 0 aromatic heterocycles. The van der Waals surface area contributed by atoms with Gasteiger partial charge in [0.05, 0.1) is 11.9 Å². The second-order valence-corrected chi connectivity index (χ2v) is 4.28. The van der Waals surface area contributed by atoms with Crippen molar-refractivity contribution in [3.8, 4) is 0 Å². The number of carbonyl (C=O) groups excluding carboxylic acids is 2. The summed E-state index contributed by atoms with van der Waals surface area (Å²) in [5.74, 6) is -3.36. The van der Waals surface area contributed by atoms with Crippen LogP contribution >= 0.6 is 0 Å². The molecular formula is C14H14Na2O4. The number of hydrogen-bond donors (Lipinski definition) is 0. The summed E-state index contributed by atoms with van der Waals surface area (Å²) in [6.45, 7) is 3.22. The molecule has 0 aliphatic carbocycles. The zero-order valence-electron chi connectivity index (χ0n) is 12.3. The van der Waals surface area contributed by atoms with E-state index in [2.05, 4.69) is 0 Å². The van der Waals surface area contributed by atoms with Gasteiger partial charge in [-0.3, -0.25) is 0 Å². The predicted octanol–water partition coefficient (Wildman–Crippen LogP) is -6.31. The van der Waals surface area contributed by atoms with Crippen molar-refractivity contribution in [2.75, 3.05) is 0 Å². The minimum absolute atomic E-state index is 0. The topological polar surface area (TPSA) is 80.3 Å². The van der Waals surface area contributed by atoms with Gasteiger partial charge in [0.2, 0.25) is 0 Å². The Morgan fingerprint density at radius 3 is 1.85 bits per heavy atom. The van der Waals surface area contributed by atoms with Crippen molar-refractivity contribution in [2.45, 2.75) is 20.3 Å². The Bertz CT molecular complexity index is 481. The van der Waals surface area contributed by atoms with E-state index in [0.29, 0.717) is 0 Å². The van der Waals surface area contributed by atoms with E-state index in [0.717, 1.165) is 5.56 Å². The molecule has 6 heteroatoms. The van der Waals surface area contributed by atoms with Crippen molar-refractivity contribution in [2.24, 2.45) is 5.92 Å². The first kappa shape index (κ1) is 22.2. The van der Waals surface area contributed by atoms with E-state index in [1.807, 2.05) is 0 Å². The van der Waals surface area contributed by atoms with Crippen LogP contribution in [0.2, 0.25) is 0 Å². The molecule has 1 aromatic rings. The zero-order valence-corrected chi connectivity index (χ0v) is 16.3. The fourth-order valence-corrected chi connectivity index (χ4v) is 1.78. The van der Waals surface area contributed by atoms with E-state index >= 15 is 0 Å². The number of carboxylic acids is 2. The third-order valence-electron chi connectivity index (χ3n) is 2.59. The molecule has 0 amide bonds. The molecule has 96 valence electrons. The second-order valence-electron chi connectivity index (χ2n) is 4.28. The second kappa shape index (κ2) is 10.6. The molecule has 1 rings (SSSR count). The van der Waals surface area contributed by atoms with Gasteiger partial charge in [-0.1, -0.05) is 44.2 Å². The summed E-state index contributed by atoms with van der Waals surface area (Å²) < 4.78 is 0. The van der Waals surface area contributed by atoms with Crippen LogP contribution in [0.5, 0.6) is 0 Å².